The number of hydrogen-bond donors (Lipinski definition) is 1. The minimum absolute atomic E-state index is 0.0692. The van der Waals surface area contributed by atoms with E-state index < -0.39 is 21.7 Å². The molecular formula is C18H19NO4S. The number of hydrogen-bond acceptors (Lipinski definition) is 5. The summed E-state index contributed by atoms with van der Waals surface area (Å²) in [7, 11) is -3.30. The largest absolute Gasteiger partial charge is 0.465 e. The maximum atomic E-state index is 12.3. The van der Waals surface area contributed by atoms with Gasteiger partial charge in [0.2, 0.25) is 0 Å². The molecule has 0 bridgehead atoms. The van der Waals surface area contributed by atoms with Crippen LogP contribution in [0.5, 0.6) is 0 Å². The van der Waals surface area contributed by atoms with E-state index in [2.05, 4.69) is 0 Å². The Morgan fingerprint density at radius 1 is 1.08 bits per heavy atom. The van der Waals surface area contributed by atoms with Crippen LogP contribution in [0.4, 0.5) is 0 Å². The first kappa shape index (κ1) is 17.9. The highest BCUT2D eigenvalue weighted by molar-refractivity contribution is 7.90. The standard InChI is InChI=1S/C18H19NO4S/c1-3-23-18(20)16(13-7-5-4-6-8-13)17(19)14-9-11-15(12-10-14)24(2,21)22/h4-12,16,19H,3H2,1-2H3. The van der Waals surface area contributed by atoms with Gasteiger partial charge in [0.05, 0.1) is 17.2 Å². The van der Waals surface area contributed by atoms with Crippen LogP contribution in [-0.2, 0) is 19.4 Å². The van der Waals surface area contributed by atoms with Crippen LogP contribution in [0.25, 0.3) is 0 Å². The van der Waals surface area contributed by atoms with Crippen LogP contribution in [0.3, 0.4) is 0 Å². The number of rotatable bonds is 6. The molecule has 0 aromatic heterocycles. The maximum absolute atomic E-state index is 12.3. The van der Waals surface area contributed by atoms with Gasteiger partial charge < -0.3 is 10.1 Å². The molecule has 2 aromatic rings. The monoisotopic (exact) mass is 345 g/mol. The normalized spacial score (nSPS) is 12.4. The highest BCUT2D eigenvalue weighted by Gasteiger charge is 2.27. The van der Waals surface area contributed by atoms with Gasteiger partial charge in [0, 0.05) is 6.26 Å². The van der Waals surface area contributed by atoms with E-state index in [-0.39, 0.29) is 17.2 Å². The van der Waals surface area contributed by atoms with E-state index in [1.807, 2.05) is 6.07 Å². The van der Waals surface area contributed by atoms with Crippen molar-refractivity contribution in [2.24, 2.45) is 0 Å². The molecule has 0 saturated heterocycles. The zero-order valence-corrected chi connectivity index (χ0v) is 14.3. The number of esters is 1. The number of sulfone groups is 1. The Morgan fingerprint density at radius 2 is 1.67 bits per heavy atom. The van der Waals surface area contributed by atoms with Crippen molar-refractivity contribution in [3.8, 4) is 0 Å². The van der Waals surface area contributed by atoms with Gasteiger partial charge in [-0.3, -0.25) is 4.79 Å². The lowest BCUT2D eigenvalue weighted by Crippen LogP contribution is -2.24. The lowest BCUT2D eigenvalue weighted by atomic mass is 9.90. The average molecular weight is 345 g/mol. The Kier molecular flexibility index (Phi) is 5.51. The summed E-state index contributed by atoms with van der Waals surface area (Å²) in [6, 6.07) is 14.9. The van der Waals surface area contributed by atoms with Gasteiger partial charge in [0.1, 0.15) is 5.92 Å². The molecule has 1 atom stereocenters. The van der Waals surface area contributed by atoms with Gasteiger partial charge in [-0.15, -0.1) is 0 Å². The predicted molar refractivity (Wildman–Crippen MR) is 92.2 cm³/mol. The Bertz CT molecular complexity index is 827. The maximum Gasteiger partial charge on any atom is 0.319 e. The van der Waals surface area contributed by atoms with E-state index in [1.54, 1.807) is 31.2 Å². The number of benzene rings is 2. The van der Waals surface area contributed by atoms with Gasteiger partial charge >= 0.3 is 5.97 Å². The predicted octanol–water partition coefficient (Wildman–Crippen LogP) is 2.80. The Labute approximate surface area is 141 Å². The van der Waals surface area contributed by atoms with Crippen LogP contribution >= 0.6 is 0 Å². The third kappa shape index (κ3) is 4.08. The van der Waals surface area contributed by atoms with E-state index in [1.165, 1.54) is 24.3 Å². The van der Waals surface area contributed by atoms with E-state index in [0.717, 1.165) is 6.26 Å². The minimum Gasteiger partial charge on any atom is -0.465 e. The second kappa shape index (κ2) is 7.40. The number of carbonyl (C=O) groups is 1. The summed E-state index contributed by atoms with van der Waals surface area (Å²) < 4.78 is 28.2. The molecule has 1 unspecified atom stereocenters. The molecule has 126 valence electrons. The van der Waals surface area contributed by atoms with Crippen LogP contribution in [0.15, 0.2) is 59.5 Å². The Balaban J connectivity index is 2.39. The summed E-state index contributed by atoms with van der Waals surface area (Å²) in [4.78, 5) is 12.5. The van der Waals surface area contributed by atoms with Gasteiger partial charge in [-0.25, -0.2) is 8.42 Å². The molecule has 0 spiro atoms. The molecule has 5 nitrogen and oxygen atoms in total. The summed E-state index contributed by atoms with van der Waals surface area (Å²) in [5.41, 5.74) is 1.21. The lowest BCUT2D eigenvalue weighted by Gasteiger charge is -2.17. The van der Waals surface area contributed by atoms with Crippen molar-refractivity contribution < 1.29 is 17.9 Å². The fraction of sp³-hybridized carbons (Fsp3) is 0.222. The van der Waals surface area contributed by atoms with Crippen molar-refractivity contribution in [2.45, 2.75) is 17.7 Å². The summed E-state index contributed by atoms with van der Waals surface area (Å²) in [6.45, 7) is 1.94. The third-order valence-corrected chi connectivity index (χ3v) is 4.67. The van der Waals surface area contributed by atoms with Crippen LogP contribution in [-0.4, -0.2) is 33.0 Å². The fourth-order valence-corrected chi connectivity index (χ4v) is 2.97. The van der Waals surface area contributed by atoms with Crippen molar-refractivity contribution in [3.63, 3.8) is 0 Å². The van der Waals surface area contributed by atoms with E-state index in [0.29, 0.717) is 11.1 Å². The highest BCUT2D eigenvalue weighted by atomic mass is 32.2. The molecule has 1 N–H and O–H groups in total. The Morgan fingerprint density at radius 3 is 2.17 bits per heavy atom. The molecule has 0 aliphatic carbocycles. The summed E-state index contributed by atoms with van der Waals surface area (Å²) in [5, 5.41) is 8.41. The molecule has 0 amide bonds. The second-order valence-electron chi connectivity index (χ2n) is 5.31. The summed E-state index contributed by atoms with van der Waals surface area (Å²) in [6.07, 6.45) is 1.12. The number of nitrogens with one attached hydrogen (secondary N) is 1. The molecule has 6 heteroatoms. The molecule has 0 saturated carbocycles. The molecule has 0 aliphatic rings. The summed E-state index contributed by atoms with van der Waals surface area (Å²) in [5.74, 6) is -1.35. The SMILES string of the molecule is CCOC(=O)C(C(=N)c1ccc(S(C)(=O)=O)cc1)c1ccccc1. The minimum atomic E-state index is -3.30. The van der Waals surface area contributed by atoms with Crippen molar-refractivity contribution in [2.75, 3.05) is 12.9 Å². The first-order valence-electron chi connectivity index (χ1n) is 7.45. The zero-order chi connectivity index (χ0) is 17.7. The van der Waals surface area contributed by atoms with Crippen molar-refractivity contribution >= 4 is 21.5 Å². The quantitative estimate of drug-likeness (QED) is 0.644. The third-order valence-electron chi connectivity index (χ3n) is 3.54. The molecule has 24 heavy (non-hydrogen) atoms. The van der Waals surface area contributed by atoms with Gasteiger partial charge in [0.15, 0.2) is 9.84 Å². The zero-order valence-electron chi connectivity index (χ0n) is 13.5. The lowest BCUT2D eigenvalue weighted by molar-refractivity contribution is -0.143. The van der Waals surface area contributed by atoms with E-state index in [9.17, 15) is 13.2 Å². The van der Waals surface area contributed by atoms with E-state index in [4.69, 9.17) is 10.1 Å². The first-order valence-corrected chi connectivity index (χ1v) is 9.34. The fourth-order valence-electron chi connectivity index (χ4n) is 2.34. The molecule has 2 aromatic carbocycles. The topological polar surface area (TPSA) is 84.3 Å². The van der Waals surface area contributed by atoms with Crippen LogP contribution in [0.1, 0.15) is 24.0 Å². The molecule has 0 fully saturated rings. The summed E-state index contributed by atoms with van der Waals surface area (Å²) >= 11 is 0. The van der Waals surface area contributed by atoms with Crippen molar-refractivity contribution in [1.29, 1.82) is 5.41 Å². The molecule has 0 aliphatic heterocycles. The van der Waals surface area contributed by atoms with Crippen molar-refractivity contribution in [1.82, 2.24) is 0 Å². The molecular weight excluding hydrogens is 326 g/mol. The average Bonchev–Trinajstić information content (AvgIpc) is 2.55. The number of carbonyl (C=O) groups excluding carboxylic acids is 1. The van der Waals surface area contributed by atoms with Crippen LogP contribution in [0, 0.1) is 5.41 Å². The Hall–Kier alpha value is -2.47. The highest BCUT2D eigenvalue weighted by Crippen LogP contribution is 2.23. The van der Waals surface area contributed by atoms with Gasteiger partial charge in [-0.1, -0.05) is 42.5 Å². The smallest absolute Gasteiger partial charge is 0.319 e. The molecule has 0 radical (unpaired) electrons. The van der Waals surface area contributed by atoms with Gasteiger partial charge in [0.25, 0.3) is 0 Å². The van der Waals surface area contributed by atoms with Crippen LogP contribution in [0.2, 0.25) is 0 Å². The second-order valence-corrected chi connectivity index (χ2v) is 7.32. The van der Waals surface area contributed by atoms with E-state index >= 15 is 0 Å². The van der Waals surface area contributed by atoms with Gasteiger partial charge in [-0.2, -0.15) is 0 Å². The molecule has 0 heterocycles. The van der Waals surface area contributed by atoms with Gasteiger partial charge in [-0.05, 0) is 30.2 Å². The number of ether oxygens (including phenoxy) is 1. The first-order chi connectivity index (χ1) is 11.3. The van der Waals surface area contributed by atoms with Crippen LogP contribution < -0.4 is 0 Å². The molecule has 2 rings (SSSR count). The van der Waals surface area contributed by atoms with Crippen molar-refractivity contribution in [3.05, 3.63) is 65.7 Å².